The largest absolute Gasteiger partial charge is 0.353 e. The molecule has 0 saturated heterocycles. The highest BCUT2D eigenvalue weighted by Crippen LogP contribution is 2.09. The van der Waals surface area contributed by atoms with Gasteiger partial charge in [-0.15, -0.1) is 0 Å². The van der Waals surface area contributed by atoms with Crippen molar-refractivity contribution in [3.8, 4) is 6.07 Å². The van der Waals surface area contributed by atoms with Crippen molar-refractivity contribution >= 4 is 5.91 Å². The van der Waals surface area contributed by atoms with Crippen LogP contribution in [0, 0.1) is 23.2 Å². The molecule has 0 aromatic carbocycles. The number of carbonyl (C=O) groups excluding carboxylic acids is 1. The zero-order valence-corrected chi connectivity index (χ0v) is 10.9. The Bertz CT molecular complexity index is 243. The van der Waals surface area contributed by atoms with E-state index in [2.05, 4.69) is 19.2 Å². The van der Waals surface area contributed by atoms with Gasteiger partial charge in [-0.3, -0.25) is 4.79 Å². The summed E-state index contributed by atoms with van der Waals surface area (Å²) in [5, 5.41) is 11.6. The number of nitrogens with one attached hydrogen (secondary N) is 1. The second-order valence-corrected chi connectivity index (χ2v) is 4.82. The molecule has 0 heterocycles. The molecule has 2 unspecified atom stereocenters. The van der Waals surface area contributed by atoms with Crippen molar-refractivity contribution in [2.75, 3.05) is 0 Å². The fourth-order valence-electron chi connectivity index (χ4n) is 1.58. The minimum atomic E-state index is -0.493. The monoisotopic (exact) mass is 224 g/mol. The lowest BCUT2D eigenvalue weighted by Gasteiger charge is -2.16. The van der Waals surface area contributed by atoms with E-state index in [1.807, 2.05) is 19.9 Å². The van der Waals surface area contributed by atoms with Crippen molar-refractivity contribution in [3.63, 3.8) is 0 Å². The third-order valence-electron chi connectivity index (χ3n) is 2.69. The Labute approximate surface area is 99.2 Å². The van der Waals surface area contributed by atoms with Gasteiger partial charge in [-0.25, -0.2) is 0 Å². The molecule has 16 heavy (non-hydrogen) atoms. The van der Waals surface area contributed by atoms with Crippen molar-refractivity contribution in [1.82, 2.24) is 5.32 Å². The molecule has 2 atom stereocenters. The van der Waals surface area contributed by atoms with E-state index in [0.29, 0.717) is 12.3 Å². The Balaban J connectivity index is 3.83. The molecule has 0 aromatic rings. The Morgan fingerprint density at radius 3 is 2.38 bits per heavy atom. The standard InChI is InChI=1S/C13H24N2O/c1-5-12(9-14)13(16)15-11(4)8-6-7-10(2)3/h10-12H,5-8H2,1-4H3,(H,15,16). The summed E-state index contributed by atoms with van der Waals surface area (Å²) in [6.07, 6.45) is 3.89. The summed E-state index contributed by atoms with van der Waals surface area (Å²) in [5.41, 5.74) is 0. The third kappa shape index (κ3) is 6.44. The zero-order valence-electron chi connectivity index (χ0n) is 10.9. The maximum absolute atomic E-state index is 11.6. The minimum Gasteiger partial charge on any atom is -0.353 e. The molecule has 0 radical (unpaired) electrons. The molecule has 1 N–H and O–H groups in total. The lowest BCUT2D eigenvalue weighted by molar-refractivity contribution is -0.124. The van der Waals surface area contributed by atoms with Crippen molar-refractivity contribution in [2.24, 2.45) is 11.8 Å². The molecule has 0 fully saturated rings. The van der Waals surface area contributed by atoms with Gasteiger partial charge in [0.2, 0.25) is 5.91 Å². The molecule has 0 aliphatic rings. The molecule has 3 nitrogen and oxygen atoms in total. The predicted molar refractivity (Wildman–Crippen MR) is 65.7 cm³/mol. The van der Waals surface area contributed by atoms with Crippen molar-refractivity contribution < 1.29 is 4.79 Å². The van der Waals surface area contributed by atoms with Crippen LogP contribution >= 0.6 is 0 Å². The summed E-state index contributed by atoms with van der Waals surface area (Å²) in [4.78, 5) is 11.6. The van der Waals surface area contributed by atoms with Gasteiger partial charge in [-0.1, -0.05) is 33.6 Å². The highest BCUT2D eigenvalue weighted by Gasteiger charge is 2.16. The Morgan fingerprint density at radius 1 is 1.31 bits per heavy atom. The molecule has 0 aromatic heterocycles. The van der Waals surface area contributed by atoms with Gasteiger partial charge in [0.05, 0.1) is 6.07 Å². The molecule has 0 aliphatic carbocycles. The third-order valence-corrected chi connectivity index (χ3v) is 2.69. The van der Waals surface area contributed by atoms with Crippen LogP contribution in [-0.2, 0) is 4.79 Å². The van der Waals surface area contributed by atoms with E-state index in [9.17, 15) is 4.79 Å². The highest BCUT2D eigenvalue weighted by molar-refractivity contribution is 5.81. The average Bonchev–Trinajstić information content (AvgIpc) is 2.18. The van der Waals surface area contributed by atoms with Gasteiger partial charge in [0, 0.05) is 6.04 Å². The number of hydrogen-bond acceptors (Lipinski definition) is 2. The lowest BCUT2D eigenvalue weighted by Crippen LogP contribution is -2.36. The molecular weight excluding hydrogens is 200 g/mol. The number of rotatable bonds is 7. The first-order valence-electron chi connectivity index (χ1n) is 6.21. The number of nitrogens with zero attached hydrogens (tertiary/aromatic N) is 1. The highest BCUT2D eigenvalue weighted by atomic mass is 16.1. The van der Waals surface area contributed by atoms with Crippen LogP contribution in [0.2, 0.25) is 0 Å². The van der Waals surface area contributed by atoms with Gasteiger partial charge in [0.25, 0.3) is 0 Å². The van der Waals surface area contributed by atoms with Gasteiger partial charge < -0.3 is 5.32 Å². The second-order valence-electron chi connectivity index (χ2n) is 4.82. The van der Waals surface area contributed by atoms with Crippen LogP contribution in [0.1, 0.15) is 53.4 Å². The Morgan fingerprint density at radius 2 is 1.94 bits per heavy atom. The Hall–Kier alpha value is -1.04. The zero-order chi connectivity index (χ0) is 12.6. The van der Waals surface area contributed by atoms with Crippen LogP contribution in [0.5, 0.6) is 0 Å². The second kappa shape index (κ2) is 8.15. The SMILES string of the molecule is CCC(C#N)C(=O)NC(C)CCCC(C)C. The molecule has 0 spiro atoms. The van der Waals surface area contributed by atoms with E-state index >= 15 is 0 Å². The maximum Gasteiger partial charge on any atom is 0.237 e. The molecule has 0 bridgehead atoms. The summed E-state index contributed by atoms with van der Waals surface area (Å²) in [6, 6.07) is 2.19. The van der Waals surface area contributed by atoms with Gasteiger partial charge >= 0.3 is 0 Å². The van der Waals surface area contributed by atoms with Gasteiger partial charge in [-0.05, 0) is 25.7 Å². The topological polar surface area (TPSA) is 52.9 Å². The van der Waals surface area contributed by atoms with Crippen molar-refractivity contribution in [1.29, 1.82) is 5.26 Å². The van der Waals surface area contributed by atoms with E-state index in [1.54, 1.807) is 0 Å². The summed E-state index contributed by atoms with van der Waals surface area (Å²) in [7, 11) is 0. The molecule has 1 amide bonds. The summed E-state index contributed by atoms with van der Waals surface area (Å²) in [5.74, 6) is 0.0972. The molecule has 3 heteroatoms. The first-order valence-corrected chi connectivity index (χ1v) is 6.21. The van der Waals surface area contributed by atoms with Gasteiger partial charge in [0.1, 0.15) is 5.92 Å². The van der Waals surface area contributed by atoms with Gasteiger partial charge in [-0.2, -0.15) is 5.26 Å². The van der Waals surface area contributed by atoms with E-state index in [1.165, 1.54) is 6.42 Å². The molecule has 0 aliphatic heterocycles. The summed E-state index contributed by atoms with van der Waals surface area (Å²) < 4.78 is 0. The van der Waals surface area contributed by atoms with Crippen LogP contribution < -0.4 is 5.32 Å². The molecular formula is C13H24N2O. The number of carbonyl (C=O) groups is 1. The Kier molecular flexibility index (Phi) is 7.62. The van der Waals surface area contributed by atoms with Crippen LogP contribution in [0.25, 0.3) is 0 Å². The average molecular weight is 224 g/mol. The number of amides is 1. The normalized spacial score (nSPS) is 14.2. The van der Waals surface area contributed by atoms with Crippen LogP contribution in [-0.4, -0.2) is 11.9 Å². The van der Waals surface area contributed by atoms with Crippen LogP contribution in [0.15, 0.2) is 0 Å². The van der Waals surface area contributed by atoms with Crippen molar-refractivity contribution in [2.45, 2.75) is 59.4 Å². The first-order chi connectivity index (χ1) is 7.51. The number of nitriles is 1. The smallest absolute Gasteiger partial charge is 0.237 e. The predicted octanol–water partition coefficient (Wildman–Crippen LogP) is 2.87. The summed E-state index contributed by atoms with van der Waals surface area (Å²) >= 11 is 0. The maximum atomic E-state index is 11.6. The fraction of sp³-hybridized carbons (Fsp3) is 0.846. The van der Waals surface area contributed by atoms with E-state index in [0.717, 1.165) is 12.8 Å². The molecule has 0 saturated carbocycles. The van der Waals surface area contributed by atoms with Crippen molar-refractivity contribution in [3.05, 3.63) is 0 Å². The minimum absolute atomic E-state index is 0.123. The van der Waals surface area contributed by atoms with Crippen LogP contribution in [0.3, 0.4) is 0 Å². The number of hydrogen-bond donors (Lipinski definition) is 1. The first kappa shape index (κ1) is 15.0. The van der Waals surface area contributed by atoms with E-state index < -0.39 is 5.92 Å². The van der Waals surface area contributed by atoms with Crippen LogP contribution in [0.4, 0.5) is 0 Å². The lowest BCUT2D eigenvalue weighted by atomic mass is 10.0. The molecule has 0 rings (SSSR count). The van der Waals surface area contributed by atoms with E-state index in [4.69, 9.17) is 5.26 Å². The van der Waals surface area contributed by atoms with E-state index in [-0.39, 0.29) is 11.9 Å². The quantitative estimate of drug-likeness (QED) is 0.723. The fourth-order valence-corrected chi connectivity index (χ4v) is 1.58. The summed E-state index contributed by atoms with van der Waals surface area (Å²) in [6.45, 7) is 8.26. The molecule has 92 valence electrons. The van der Waals surface area contributed by atoms with Gasteiger partial charge in [0.15, 0.2) is 0 Å².